The van der Waals surface area contributed by atoms with Crippen molar-refractivity contribution in [2.75, 3.05) is 11.9 Å². The summed E-state index contributed by atoms with van der Waals surface area (Å²) in [6.07, 6.45) is 4.33. The summed E-state index contributed by atoms with van der Waals surface area (Å²) >= 11 is 0. The van der Waals surface area contributed by atoms with Gasteiger partial charge in [-0.1, -0.05) is 25.1 Å². The molecule has 1 saturated heterocycles. The molecule has 1 unspecified atom stereocenters. The molecular weight excluding hydrogens is 336 g/mol. The smallest absolute Gasteiger partial charge is 0.255 e. The molecule has 3 rings (SSSR count). The van der Waals surface area contributed by atoms with E-state index in [2.05, 4.69) is 12.2 Å². The van der Waals surface area contributed by atoms with Gasteiger partial charge in [0.1, 0.15) is 0 Å². The second-order valence-electron chi connectivity index (χ2n) is 7.35. The minimum atomic E-state index is -0.157. The van der Waals surface area contributed by atoms with Crippen LogP contribution in [0.1, 0.15) is 64.4 Å². The summed E-state index contributed by atoms with van der Waals surface area (Å²) in [4.78, 5) is 27.4. The lowest BCUT2D eigenvalue weighted by Crippen LogP contribution is -2.43. The number of para-hydroxylation sites is 1. The van der Waals surface area contributed by atoms with Gasteiger partial charge in [0.25, 0.3) is 11.8 Å². The average molecular weight is 364 g/mol. The lowest BCUT2D eigenvalue weighted by atomic mass is 9.98. The highest BCUT2D eigenvalue weighted by Gasteiger charge is 2.26. The van der Waals surface area contributed by atoms with E-state index in [0.29, 0.717) is 17.2 Å². The van der Waals surface area contributed by atoms with E-state index < -0.39 is 0 Å². The minimum absolute atomic E-state index is 0.0725. The number of benzene rings is 2. The van der Waals surface area contributed by atoms with Crippen molar-refractivity contribution < 1.29 is 9.59 Å². The van der Waals surface area contributed by atoms with Gasteiger partial charge in [-0.15, -0.1) is 0 Å². The van der Waals surface area contributed by atoms with Gasteiger partial charge in [0.05, 0.1) is 0 Å². The molecule has 0 aromatic heterocycles. The lowest BCUT2D eigenvalue weighted by Gasteiger charge is -2.35. The van der Waals surface area contributed by atoms with Gasteiger partial charge in [-0.25, -0.2) is 0 Å². The van der Waals surface area contributed by atoms with Crippen LogP contribution in [-0.2, 0) is 0 Å². The Kier molecular flexibility index (Phi) is 5.94. The fourth-order valence-corrected chi connectivity index (χ4v) is 3.82. The third-order valence-corrected chi connectivity index (χ3v) is 5.47. The molecule has 0 aliphatic carbocycles. The number of aryl methyl sites for hydroxylation is 2. The van der Waals surface area contributed by atoms with E-state index in [4.69, 9.17) is 0 Å². The third kappa shape index (κ3) is 4.21. The topological polar surface area (TPSA) is 49.4 Å². The molecule has 1 heterocycles. The first kappa shape index (κ1) is 19.2. The van der Waals surface area contributed by atoms with Gasteiger partial charge in [0, 0.05) is 29.4 Å². The zero-order chi connectivity index (χ0) is 19.4. The molecule has 0 bridgehead atoms. The van der Waals surface area contributed by atoms with Crippen LogP contribution in [0.2, 0.25) is 0 Å². The molecule has 2 aromatic rings. The number of hydrogen-bond acceptors (Lipinski definition) is 2. The Morgan fingerprint density at radius 3 is 2.26 bits per heavy atom. The number of carbonyl (C=O) groups excluding carboxylic acids is 2. The highest BCUT2D eigenvalue weighted by Crippen LogP contribution is 2.23. The van der Waals surface area contributed by atoms with Crippen LogP contribution in [0.15, 0.2) is 42.5 Å². The van der Waals surface area contributed by atoms with Crippen LogP contribution >= 0.6 is 0 Å². The maximum atomic E-state index is 12.9. The lowest BCUT2D eigenvalue weighted by molar-refractivity contribution is 0.0607. The second-order valence-corrected chi connectivity index (χ2v) is 7.35. The summed E-state index contributed by atoms with van der Waals surface area (Å²) in [6.45, 7) is 6.92. The number of anilines is 1. The van der Waals surface area contributed by atoms with Crippen LogP contribution in [0.3, 0.4) is 0 Å². The molecule has 27 heavy (non-hydrogen) atoms. The number of carbonyl (C=O) groups is 2. The van der Waals surface area contributed by atoms with Crippen molar-refractivity contribution in [1.82, 2.24) is 4.90 Å². The fraction of sp³-hybridized carbons (Fsp3) is 0.391. The summed E-state index contributed by atoms with van der Waals surface area (Å²) in [5, 5.41) is 2.99. The van der Waals surface area contributed by atoms with Gasteiger partial charge in [-0.3, -0.25) is 9.59 Å². The Hall–Kier alpha value is -2.62. The summed E-state index contributed by atoms with van der Waals surface area (Å²) in [6, 6.07) is 13.3. The van der Waals surface area contributed by atoms with Gasteiger partial charge in [0.2, 0.25) is 0 Å². The molecule has 1 atom stereocenters. The molecule has 0 saturated carbocycles. The van der Waals surface area contributed by atoms with E-state index in [9.17, 15) is 9.59 Å². The van der Waals surface area contributed by atoms with Gasteiger partial charge in [-0.2, -0.15) is 0 Å². The maximum absolute atomic E-state index is 12.9. The van der Waals surface area contributed by atoms with Crippen LogP contribution in [0.5, 0.6) is 0 Å². The number of nitrogens with zero attached hydrogens (tertiary/aromatic N) is 1. The molecule has 2 aromatic carbocycles. The molecule has 1 aliphatic heterocycles. The Morgan fingerprint density at radius 2 is 1.63 bits per heavy atom. The zero-order valence-electron chi connectivity index (χ0n) is 16.4. The van der Waals surface area contributed by atoms with Crippen LogP contribution in [0, 0.1) is 13.8 Å². The first-order chi connectivity index (χ1) is 13.0. The molecule has 0 spiro atoms. The van der Waals surface area contributed by atoms with E-state index in [1.54, 1.807) is 24.3 Å². The Bertz CT molecular complexity index is 807. The monoisotopic (exact) mass is 364 g/mol. The average Bonchev–Trinajstić information content (AvgIpc) is 2.70. The van der Waals surface area contributed by atoms with Crippen molar-refractivity contribution in [3.05, 3.63) is 64.7 Å². The van der Waals surface area contributed by atoms with Gasteiger partial charge >= 0.3 is 0 Å². The number of amides is 2. The molecular formula is C23H28N2O2. The van der Waals surface area contributed by atoms with Gasteiger partial charge < -0.3 is 10.2 Å². The van der Waals surface area contributed by atoms with Crippen LogP contribution in [-0.4, -0.2) is 29.3 Å². The molecule has 2 amide bonds. The van der Waals surface area contributed by atoms with Crippen molar-refractivity contribution in [2.24, 2.45) is 0 Å². The first-order valence-electron chi connectivity index (χ1n) is 9.80. The molecule has 4 heteroatoms. The van der Waals surface area contributed by atoms with Crippen molar-refractivity contribution in [2.45, 2.75) is 52.5 Å². The predicted octanol–water partition coefficient (Wildman–Crippen LogP) is 4.96. The van der Waals surface area contributed by atoms with Crippen molar-refractivity contribution >= 4 is 17.5 Å². The number of piperidine rings is 1. The second kappa shape index (κ2) is 8.38. The number of hydrogen-bond donors (Lipinski definition) is 1. The Labute approximate surface area is 161 Å². The predicted molar refractivity (Wildman–Crippen MR) is 109 cm³/mol. The first-order valence-corrected chi connectivity index (χ1v) is 9.80. The molecule has 1 fully saturated rings. The number of likely N-dealkylation sites (tertiary alicyclic amines) is 1. The summed E-state index contributed by atoms with van der Waals surface area (Å²) < 4.78 is 0. The number of nitrogens with one attached hydrogen (secondary N) is 1. The third-order valence-electron chi connectivity index (χ3n) is 5.47. The van der Waals surface area contributed by atoms with Crippen molar-refractivity contribution in [3.8, 4) is 0 Å². The highest BCUT2D eigenvalue weighted by atomic mass is 16.2. The van der Waals surface area contributed by atoms with E-state index in [1.165, 1.54) is 6.42 Å². The van der Waals surface area contributed by atoms with Crippen LogP contribution in [0.25, 0.3) is 0 Å². The molecule has 4 nitrogen and oxygen atoms in total. The normalized spacial score (nSPS) is 16.9. The minimum Gasteiger partial charge on any atom is -0.336 e. The quantitative estimate of drug-likeness (QED) is 0.833. The molecule has 1 N–H and O–H groups in total. The fourth-order valence-electron chi connectivity index (χ4n) is 3.82. The molecule has 0 radical (unpaired) electrons. The van der Waals surface area contributed by atoms with Crippen LogP contribution < -0.4 is 5.32 Å². The standard InChI is InChI=1S/C23H28N2O2/c1-4-20-10-5-6-15-25(20)23(27)19-13-11-18(12-14-19)22(26)24-21-16(2)8-7-9-17(21)3/h7-9,11-14,20H,4-6,10,15H2,1-3H3,(H,24,26). The van der Waals surface area contributed by atoms with E-state index in [1.807, 2.05) is 36.9 Å². The number of rotatable bonds is 4. The molecule has 142 valence electrons. The molecule has 1 aliphatic rings. The maximum Gasteiger partial charge on any atom is 0.255 e. The summed E-state index contributed by atoms with van der Waals surface area (Å²) in [5.41, 5.74) is 4.12. The highest BCUT2D eigenvalue weighted by molar-refractivity contribution is 6.05. The van der Waals surface area contributed by atoms with E-state index >= 15 is 0 Å². The Balaban J connectivity index is 1.73. The zero-order valence-corrected chi connectivity index (χ0v) is 16.4. The van der Waals surface area contributed by atoms with Crippen molar-refractivity contribution in [3.63, 3.8) is 0 Å². The van der Waals surface area contributed by atoms with E-state index in [-0.39, 0.29) is 11.8 Å². The van der Waals surface area contributed by atoms with Gasteiger partial charge in [0.15, 0.2) is 0 Å². The van der Waals surface area contributed by atoms with Crippen LogP contribution in [0.4, 0.5) is 5.69 Å². The van der Waals surface area contributed by atoms with Gasteiger partial charge in [-0.05, 0) is 74.9 Å². The SMILES string of the molecule is CCC1CCCCN1C(=O)c1ccc(C(=O)Nc2c(C)cccc2C)cc1. The Morgan fingerprint density at radius 1 is 1.00 bits per heavy atom. The van der Waals surface area contributed by atoms with Crippen molar-refractivity contribution in [1.29, 1.82) is 0 Å². The van der Waals surface area contributed by atoms with E-state index in [0.717, 1.165) is 42.6 Å². The summed E-state index contributed by atoms with van der Waals surface area (Å²) in [5.74, 6) is -0.0842. The largest absolute Gasteiger partial charge is 0.336 e. The summed E-state index contributed by atoms with van der Waals surface area (Å²) in [7, 11) is 0.